The van der Waals surface area contributed by atoms with Crippen LogP contribution < -0.4 is 9.80 Å². The minimum Gasteiger partial charge on any atom is -0.443 e. The zero-order valence-corrected chi connectivity index (χ0v) is 21.9. The van der Waals surface area contributed by atoms with Gasteiger partial charge in [-0.1, -0.05) is 18.1 Å². The SMILES string of the molecule is C#CCN(Cc1ccc(F)cc1)c1cc(C)c(N(C(=O)OC(C)(C)C)C(=O)OC(C)(C)C)c(C)c1. The highest BCUT2D eigenvalue weighted by Crippen LogP contribution is 2.33. The third-order valence-electron chi connectivity index (χ3n) is 4.79. The van der Waals surface area contributed by atoms with Crippen LogP contribution in [0.15, 0.2) is 36.4 Å². The number of benzene rings is 2. The van der Waals surface area contributed by atoms with Crippen molar-refractivity contribution >= 4 is 23.6 Å². The van der Waals surface area contributed by atoms with Gasteiger partial charge in [-0.15, -0.1) is 6.42 Å². The zero-order valence-electron chi connectivity index (χ0n) is 21.9. The molecule has 0 aliphatic heterocycles. The van der Waals surface area contributed by atoms with Gasteiger partial charge < -0.3 is 14.4 Å². The molecule has 0 fully saturated rings. The Morgan fingerprint density at radius 3 is 1.77 bits per heavy atom. The number of aryl methyl sites for hydroxylation is 2. The van der Waals surface area contributed by atoms with Gasteiger partial charge in [-0.2, -0.15) is 4.90 Å². The van der Waals surface area contributed by atoms with E-state index in [-0.39, 0.29) is 5.82 Å². The number of imide groups is 1. The van der Waals surface area contributed by atoms with Crippen LogP contribution in [0, 0.1) is 32.0 Å². The molecule has 2 rings (SSSR count). The Balaban J connectivity index is 2.52. The molecular weight excluding hydrogens is 447 g/mol. The lowest BCUT2D eigenvalue weighted by atomic mass is 10.1. The Kier molecular flexibility index (Phi) is 8.56. The first-order chi connectivity index (χ1) is 16.1. The predicted molar refractivity (Wildman–Crippen MR) is 137 cm³/mol. The summed E-state index contributed by atoms with van der Waals surface area (Å²) in [5.41, 5.74) is 1.80. The number of anilines is 2. The summed E-state index contributed by atoms with van der Waals surface area (Å²) >= 11 is 0. The molecule has 0 aromatic heterocycles. The van der Waals surface area contributed by atoms with Gasteiger partial charge in [0.05, 0.1) is 12.2 Å². The zero-order chi connectivity index (χ0) is 26.6. The summed E-state index contributed by atoms with van der Waals surface area (Å²) in [6.45, 7) is 14.8. The smallest absolute Gasteiger partial charge is 0.424 e. The number of hydrogen-bond acceptors (Lipinski definition) is 5. The van der Waals surface area contributed by atoms with Crippen LogP contribution in [0.4, 0.5) is 25.4 Å². The van der Waals surface area contributed by atoms with E-state index >= 15 is 0 Å². The molecule has 0 saturated carbocycles. The first-order valence-corrected chi connectivity index (χ1v) is 11.4. The van der Waals surface area contributed by atoms with E-state index in [1.54, 1.807) is 67.5 Å². The van der Waals surface area contributed by atoms with Crippen molar-refractivity contribution in [1.82, 2.24) is 0 Å². The number of hydrogen-bond donors (Lipinski definition) is 0. The molecule has 0 atom stereocenters. The highest BCUT2D eigenvalue weighted by molar-refractivity contribution is 6.10. The van der Waals surface area contributed by atoms with Crippen LogP contribution in [-0.4, -0.2) is 29.9 Å². The molecule has 6 nitrogen and oxygen atoms in total. The first kappa shape index (κ1) is 27.7. The Bertz CT molecular complexity index is 1050. The van der Waals surface area contributed by atoms with Crippen molar-refractivity contribution < 1.29 is 23.5 Å². The van der Waals surface area contributed by atoms with Crippen LogP contribution in [0.3, 0.4) is 0 Å². The Morgan fingerprint density at radius 2 is 1.37 bits per heavy atom. The summed E-state index contributed by atoms with van der Waals surface area (Å²) in [7, 11) is 0. The van der Waals surface area contributed by atoms with Crippen molar-refractivity contribution in [2.45, 2.75) is 73.1 Å². The summed E-state index contributed by atoms with van der Waals surface area (Å²) < 4.78 is 24.4. The van der Waals surface area contributed by atoms with Gasteiger partial charge in [-0.25, -0.2) is 14.0 Å². The van der Waals surface area contributed by atoms with Crippen molar-refractivity contribution in [2.24, 2.45) is 0 Å². The van der Waals surface area contributed by atoms with Crippen LogP contribution in [0.2, 0.25) is 0 Å². The fourth-order valence-corrected chi connectivity index (χ4v) is 3.50. The van der Waals surface area contributed by atoms with Crippen LogP contribution in [0.25, 0.3) is 0 Å². The number of rotatable bonds is 5. The Hall–Kier alpha value is -3.53. The van der Waals surface area contributed by atoms with Crippen molar-refractivity contribution in [3.05, 3.63) is 58.9 Å². The normalized spacial score (nSPS) is 11.4. The monoisotopic (exact) mass is 482 g/mol. The molecule has 0 aliphatic carbocycles. The first-order valence-electron chi connectivity index (χ1n) is 11.4. The van der Waals surface area contributed by atoms with E-state index in [2.05, 4.69) is 5.92 Å². The number of carbonyl (C=O) groups is 2. The minimum absolute atomic E-state index is 0.308. The van der Waals surface area contributed by atoms with E-state index in [0.29, 0.717) is 29.9 Å². The standard InChI is InChI=1S/C28H35FN2O4/c1-10-15-30(18-21-11-13-22(29)14-12-21)23-16-19(2)24(20(3)17-23)31(25(32)34-27(4,5)6)26(33)35-28(7,8)9/h1,11-14,16-17H,15,18H2,2-9H3. The van der Waals surface area contributed by atoms with Crippen LogP contribution in [-0.2, 0) is 16.0 Å². The van der Waals surface area contributed by atoms with Gasteiger partial charge in [0.25, 0.3) is 0 Å². The Labute approximate surface area is 208 Å². The van der Waals surface area contributed by atoms with Crippen molar-refractivity contribution in [1.29, 1.82) is 0 Å². The average Bonchev–Trinajstić information content (AvgIpc) is 2.68. The summed E-state index contributed by atoms with van der Waals surface area (Å²) in [6.07, 6.45) is 3.97. The van der Waals surface area contributed by atoms with Crippen LogP contribution in [0.1, 0.15) is 58.2 Å². The number of terminal acetylenes is 1. The maximum Gasteiger partial charge on any atom is 0.424 e. The van der Waals surface area contributed by atoms with E-state index in [1.807, 2.05) is 17.0 Å². The van der Waals surface area contributed by atoms with E-state index in [1.165, 1.54) is 12.1 Å². The predicted octanol–water partition coefficient (Wildman–Crippen LogP) is 6.76. The number of halogens is 1. The van der Waals surface area contributed by atoms with Crippen molar-refractivity contribution in [3.8, 4) is 12.3 Å². The third kappa shape index (κ3) is 8.03. The Morgan fingerprint density at radius 1 is 0.914 bits per heavy atom. The molecule has 0 unspecified atom stereocenters. The molecule has 188 valence electrons. The molecule has 2 amide bonds. The molecule has 2 aromatic carbocycles. The summed E-state index contributed by atoms with van der Waals surface area (Å²) in [4.78, 5) is 29.1. The summed E-state index contributed by atoms with van der Waals surface area (Å²) in [5.74, 6) is 2.35. The van der Waals surface area contributed by atoms with Gasteiger partial charge in [-0.3, -0.25) is 0 Å². The summed E-state index contributed by atoms with van der Waals surface area (Å²) in [5, 5.41) is 0. The van der Waals surface area contributed by atoms with Gasteiger partial charge in [0.15, 0.2) is 0 Å². The molecule has 0 aliphatic rings. The molecule has 0 spiro atoms. The van der Waals surface area contributed by atoms with Gasteiger partial charge >= 0.3 is 12.2 Å². The second kappa shape index (κ2) is 10.8. The largest absolute Gasteiger partial charge is 0.443 e. The molecule has 35 heavy (non-hydrogen) atoms. The van der Waals surface area contributed by atoms with E-state index in [0.717, 1.165) is 16.2 Å². The average molecular weight is 483 g/mol. The maximum absolute atomic E-state index is 13.3. The third-order valence-corrected chi connectivity index (χ3v) is 4.79. The molecule has 0 heterocycles. The summed E-state index contributed by atoms with van der Waals surface area (Å²) in [6, 6.07) is 9.93. The fraction of sp³-hybridized carbons (Fsp3) is 0.429. The lowest BCUT2D eigenvalue weighted by Gasteiger charge is -2.31. The number of carbonyl (C=O) groups excluding carboxylic acids is 2. The van der Waals surface area contributed by atoms with Gasteiger partial charge in [0.2, 0.25) is 0 Å². The maximum atomic E-state index is 13.3. The number of amides is 2. The second-order valence-corrected chi connectivity index (χ2v) is 10.4. The van der Waals surface area contributed by atoms with Crippen LogP contribution in [0.5, 0.6) is 0 Å². The lowest BCUT2D eigenvalue weighted by Crippen LogP contribution is -2.44. The second-order valence-electron chi connectivity index (χ2n) is 10.4. The quantitative estimate of drug-likeness (QED) is 0.441. The number of nitrogens with zero attached hydrogens (tertiary/aromatic N) is 2. The topological polar surface area (TPSA) is 59.1 Å². The molecule has 0 radical (unpaired) electrons. The van der Waals surface area contributed by atoms with Gasteiger partial charge in [-0.05, 0) is 96.3 Å². The van der Waals surface area contributed by atoms with Crippen molar-refractivity contribution in [2.75, 3.05) is 16.3 Å². The van der Waals surface area contributed by atoms with Gasteiger partial charge in [0, 0.05) is 12.2 Å². The molecule has 0 saturated heterocycles. The fourth-order valence-electron chi connectivity index (χ4n) is 3.50. The van der Waals surface area contributed by atoms with Crippen molar-refractivity contribution in [3.63, 3.8) is 0 Å². The number of ether oxygens (including phenoxy) is 2. The molecule has 2 aromatic rings. The van der Waals surface area contributed by atoms with E-state index in [9.17, 15) is 14.0 Å². The van der Waals surface area contributed by atoms with Gasteiger partial charge in [0.1, 0.15) is 17.0 Å². The molecule has 0 N–H and O–H groups in total. The highest BCUT2D eigenvalue weighted by Gasteiger charge is 2.34. The molecule has 7 heteroatoms. The van der Waals surface area contributed by atoms with E-state index in [4.69, 9.17) is 15.9 Å². The molecular formula is C28H35FN2O4. The lowest BCUT2D eigenvalue weighted by molar-refractivity contribution is 0.0430. The minimum atomic E-state index is -0.822. The molecule has 0 bridgehead atoms. The van der Waals surface area contributed by atoms with Crippen LogP contribution >= 0.6 is 0 Å². The van der Waals surface area contributed by atoms with E-state index < -0.39 is 23.4 Å². The highest BCUT2D eigenvalue weighted by atomic mass is 19.1.